The van der Waals surface area contributed by atoms with Crippen LogP contribution in [0.3, 0.4) is 0 Å². The van der Waals surface area contributed by atoms with Crippen LogP contribution in [0.1, 0.15) is 58.3 Å². The van der Waals surface area contributed by atoms with Crippen LogP contribution in [0, 0.1) is 23.2 Å². The van der Waals surface area contributed by atoms with Crippen molar-refractivity contribution in [1.82, 2.24) is 0 Å². The van der Waals surface area contributed by atoms with Gasteiger partial charge in [0.1, 0.15) is 5.60 Å². The summed E-state index contributed by atoms with van der Waals surface area (Å²) in [5.74, 6) is -2.93. The topological polar surface area (TPSA) is 80.7 Å². The molecule has 2 bridgehead atoms. The van der Waals surface area contributed by atoms with Gasteiger partial charge in [0.2, 0.25) is 11.6 Å². The minimum atomic E-state index is -1.07. The van der Waals surface area contributed by atoms with Crippen LogP contribution in [0.5, 0.6) is 0 Å². The normalized spacial score (nSPS) is 43.9. The van der Waals surface area contributed by atoms with Crippen molar-refractivity contribution in [3.63, 3.8) is 0 Å². The Balaban J connectivity index is 1.66. The molecule has 5 atom stereocenters. The highest BCUT2D eigenvalue weighted by Crippen LogP contribution is 2.66. The lowest BCUT2D eigenvalue weighted by Gasteiger charge is -2.40. The number of aliphatic hydroxyl groups is 1. The maximum Gasteiger partial charge on any atom is 0.314 e. The van der Waals surface area contributed by atoms with E-state index in [1.165, 1.54) is 0 Å². The molecule has 0 amide bonds. The molecule has 0 heterocycles. The number of hydrogen-bond donors (Lipinski definition) is 1. The Bertz CT molecular complexity index is 576. The number of Topliss-reactive ketones (excluding diaryl/α,β-unsaturated/α-hetero) is 2. The second kappa shape index (κ2) is 4.88. The summed E-state index contributed by atoms with van der Waals surface area (Å²) in [6.45, 7) is 2.03. The van der Waals surface area contributed by atoms with E-state index in [0.717, 1.165) is 38.5 Å². The van der Waals surface area contributed by atoms with Crippen molar-refractivity contribution in [2.75, 3.05) is 0 Å². The summed E-state index contributed by atoms with van der Waals surface area (Å²) in [5, 5.41) is 10.4. The first-order chi connectivity index (χ1) is 10.9. The van der Waals surface area contributed by atoms with Gasteiger partial charge in [-0.1, -0.05) is 13.3 Å². The lowest BCUT2D eigenvalue weighted by molar-refractivity contribution is -0.182. The van der Waals surface area contributed by atoms with Gasteiger partial charge < -0.3 is 9.84 Å². The molecule has 5 unspecified atom stereocenters. The third-order valence-corrected chi connectivity index (χ3v) is 7.08. The monoisotopic (exact) mass is 320 g/mol. The molecule has 0 radical (unpaired) electrons. The molecule has 4 saturated carbocycles. The number of esters is 1. The average Bonchev–Trinajstić information content (AvgIpc) is 3.12. The number of carbonyl (C=O) groups excluding carboxylic acids is 3. The lowest BCUT2D eigenvalue weighted by Crippen LogP contribution is -2.47. The first-order valence-corrected chi connectivity index (χ1v) is 8.95. The molecule has 0 saturated heterocycles. The molecule has 0 spiro atoms. The van der Waals surface area contributed by atoms with Gasteiger partial charge in [-0.05, 0) is 50.9 Å². The molecule has 0 aromatic carbocycles. The number of fused-ring (bicyclic) bond motifs is 1. The Morgan fingerprint density at radius 2 is 1.91 bits per heavy atom. The molecule has 4 aliphatic carbocycles. The van der Waals surface area contributed by atoms with Crippen molar-refractivity contribution in [3.8, 4) is 0 Å². The lowest BCUT2D eigenvalue weighted by atomic mass is 9.72. The zero-order valence-corrected chi connectivity index (χ0v) is 13.5. The molecule has 4 rings (SSSR count). The third kappa shape index (κ3) is 1.80. The van der Waals surface area contributed by atoms with Gasteiger partial charge in [0.15, 0.2) is 0 Å². The van der Waals surface area contributed by atoms with Crippen molar-refractivity contribution in [2.45, 2.75) is 70.0 Å². The molecule has 126 valence electrons. The molecule has 5 nitrogen and oxygen atoms in total. The van der Waals surface area contributed by atoms with Crippen LogP contribution in [0.15, 0.2) is 0 Å². The van der Waals surface area contributed by atoms with Crippen LogP contribution in [0.2, 0.25) is 0 Å². The summed E-state index contributed by atoms with van der Waals surface area (Å²) in [7, 11) is 0. The first-order valence-electron chi connectivity index (χ1n) is 8.95. The van der Waals surface area contributed by atoms with E-state index >= 15 is 0 Å². The number of ketones is 2. The number of ether oxygens (including phenoxy) is 1. The Morgan fingerprint density at radius 1 is 1.22 bits per heavy atom. The summed E-state index contributed by atoms with van der Waals surface area (Å²) in [6, 6.07) is 0. The Labute approximate surface area is 135 Å². The highest BCUT2D eigenvalue weighted by molar-refractivity contribution is 6.43. The minimum absolute atomic E-state index is 0.114. The molecule has 1 N–H and O–H groups in total. The predicted octanol–water partition coefficient (Wildman–Crippen LogP) is 1.80. The Hall–Kier alpha value is -1.23. The van der Waals surface area contributed by atoms with Crippen LogP contribution < -0.4 is 0 Å². The Kier molecular flexibility index (Phi) is 3.25. The fourth-order valence-electron chi connectivity index (χ4n) is 5.78. The van der Waals surface area contributed by atoms with Gasteiger partial charge in [0, 0.05) is 5.92 Å². The van der Waals surface area contributed by atoms with E-state index in [4.69, 9.17) is 4.74 Å². The number of hydrogen-bond acceptors (Lipinski definition) is 5. The van der Waals surface area contributed by atoms with E-state index in [0.29, 0.717) is 12.8 Å². The van der Waals surface area contributed by atoms with E-state index in [9.17, 15) is 19.5 Å². The van der Waals surface area contributed by atoms with Crippen LogP contribution in [0.4, 0.5) is 0 Å². The van der Waals surface area contributed by atoms with Crippen molar-refractivity contribution >= 4 is 17.5 Å². The van der Waals surface area contributed by atoms with E-state index in [2.05, 4.69) is 0 Å². The molecule has 23 heavy (non-hydrogen) atoms. The maximum atomic E-state index is 13.1. The standard InChI is InChI=1S/C18H24O5/c1-2-17(6-4-3-5-7-17)23-16(22)18-9-10-8-11(18)14(20)15(21)12(18)13(10)19/h10-13,19H,2-9H2,1H3. The first kappa shape index (κ1) is 15.3. The van der Waals surface area contributed by atoms with E-state index < -0.39 is 46.5 Å². The molecule has 0 aromatic rings. The number of rotatable bonds is 3. The van der Waals surface area contributed by atoms with Crippen LogP contribution in [-0.2, 0) is 19.1 Å². The molecular weight excluding hydrogens is 296 g/mol. The van der Waals surface area contributed by atoms with Crippen molar-refractivity contribution in [1.29, 1.82) is 0 Å². The van der Waals surface area contributed by atoms with Gasteiger partial charge in [-0.25, -0.2) is 0 Å². The van der Waals surface area contributed by atoms with Crippen LogP contribution in [-0.4, -0.2) is 34.3 Å². The van der Waals surface area contributed by atoms with Crippen LogP contribution in [0.25, 0.3) is 0 Å². The summed E-state index contributed by atoms with van der Waals surface area (Å²) >= 11 is 0. The maximum absolute atomic E-state index is 13.1. The number of carbonyl (C=O) groups is 3. The summed E-state index contributed by atoms with van der Waals surface area (Å²) in [4.78, 5) is 37.6. The Morgan fingerprint density at radius 3 is 2.57 bits per heavy atom. The van der Waals surface area contributed by atoms with Crippen molar-refractivity contribution in [3.05, 3.63) is 0 Å². The predicted molar refractivity (Wildman–Crippen MR) is 80.4 cm³/mol. The average molecular weight is 320 g/mol. The van der Waals surface area contributed by atoms with Gasteiger partial charge in [-0.3, -0.25) is 14.4 Å². The van der Waals surface area contributed by atoms with E-state index in [1.54, 1.807) is 0 Å². The zero-order valence-electron chi connectivity index (χ0n) is 13.5. The van der Waals surface area contributed by atoms with Crippen molar-refractivity contribution < 1.29 is 24.2 Å². The molecule has 0 aliphatic heterocycles. The summed E-state index contributed by atoms with van der Waals surface area (Å²) in [5.41, 5.74) is -1.51. The van der Waals surface area contributed by atoms with Gasteiger partial charge in [0.25, 0.3) is 0 Å². The van der Waals surface area contributed by atoms with E-state index in [-0.39, 0.29) is 5.92 Å². The summed E-state index contributed by atoms with van der Waals surface area (Å²) < 4.78 is 6.00. The molecule has 4 fully saturated rings. The summed E-state index contributed by atoms with van der Waals surface area (Å²) in [6.07, 6.45) is 5.75. The molecule has 0 aromatic heterocycles. The third-order valence-electron chi connectivity index (χ3n) is 7.08. The molecule has 5 heteroatoms. The smallest absolute Gasteiger partial charge is 0.314 e. The molecular formula is C18H24O5. The fourth-order valence-corrected chi connectivity index (χ4v) is 5.78. The SMILES string of the molecule is CCC1(OC(=O)C23CC4CC2C(=O)C(=O)C3C4O)CCCCC1. The van der Waals surface area contributed by atoms with Crippen molar-refractivity contribution in [2.24, 2.45) is 23.2 Å². The highest BCUT2D eigenvalue weighted by atomic mass is 16.6. The number of aliphatic hydroxyl groups excluding tert-OH is 1. The minimum Gasteiger partial charge on any atom is -0.459 e. The van der Waals surface area contributed by atoms with Gasteiger partial charge >= 0.3 is 5.97 Å². The second-order valence-corrected chi connectivity index (χ2v) is 7.98. The quantitative estimate of drug-likeness (QED) is 0.633. The van der Waals surface area contributed by atoms with Gasteiger partial charge in [-0.15, -0.1) is 0 Å². The van der Waals surface area contributed by atoms with Crippen LogP contribution >= 0.6 is 0 Å². The largest absolute Gasteiger partial charge is 0.459 e. The fraction of sp³-hybridized carbons (Fsp3) is 0.833. The molecule has 4 aliphatic rings. The van der Waals surface area contributed by atoms with E-state index in [1.807, 2.05) is 6.92 Å². The van der Waals surface area contributed by atoms with Gasteiger partial charge in [0.05, 0.1) is 17.4 Å². The van der Waals surface area contributed by atoms with Gasteiger partial charge in [-0.2, -0.15) is 0 Å². The zero-order chi connectivity index (χ0) is 16.4. The highest BCUT2D eigenvalue weighted by Gasteiger charge is 2.76. The second-order valence-electron chi connectivity index (χ2n) is 7.98.